The summed E-state index contributed by atoms with van der Waals surface area (Å²) in [7, 11) is 1.76. The van der Waals surface area contributed by atoms with Crippen LogP contribution in [0.25, 0.3) is 5.57 Å². The lowest BCUT2D eigenvalue weighted by Gasteiger charge is -2.37. The monoisotopic (exact) mass is 492 g/mol. The quantitative estimate of drug-likeness (QED) is 0.637. The van der Waals surface area contributed by atoms with Gasteiger partial charge >= 0.3 is 0 Å². The van der Waals surface area contributed by atoms with Gasteiger partial charge in [-0.3, -0.25) is 14.6 Å². The molecule has 2 aromatic heterocycles. The van der Waals surface area contributed by atoms with E-state index in [-0.39, 0.29) is 48.8 Å². The molecule has 3 atom stereocenters. The average molecular weight is 493 g/mol. The summed E-state index contributed by atoms with van der Waals surface area (Å²) in [5.74, 6) is -0.0406. The number of carbonyl (C=O) groups is 2. The molecular weight excluding hydrogens is 456 g/mol. The van der Waals surface area contributed by atoms with E-state index in [9.17, 15) is 14.7 Å². The lowest BCUT2D eigenvalue weighted by Crippen LogP contribution is -2.50. The number of pyridine rings is 2. The number of aromatic nitrogens is 2. The van der Waals surface area contributed by atoms with Crippen molar-refractivity contribution in [1.29, 1.82) is 0 Å². The number of hydrogen-bond donors (Lipinski definition) is 1. The van der Waals surface area contributed by atoms with Gasteiger partial charge in [0.1, 0.15) is 11.7 Å². The molecule has 0 saturated carbocycles. The molecular formula is C28H36N4O4. The highest BCUT2D eigenvalue weighted by atomic mass is 16.5. The van der Waals surface area contributed by atoms with Gasteiger partial charge in [-0.1, -0.05) is 19.1 Å². The van der Waals surface area contributed by atoms with Crippen LogP contribution in [-0.2, 0) is 11.2 Å². The van der Waals surface area contributed by atoms with Crippen molar-refractivity contribution in [1.82, 2.24) is 19.8 Å². The van der Waals surface area contributed by atoms with E-state index in [1.807, 2.05) is 32.0 Å². The van der Waals surface area contributed by atoms with Crippen molar-refractivity contribution in [3.8, 4) is 5.88 Å². The fourth-order valence-corrected chi connectivity index (χ4v) is 4.78. The van der Waals surface area contributed by atoms with Gasteiger partial charge in [0.15, 0.2) is 0 Å². The molecule has 2 amide bonds. The molecule has 8 nitrogen and oxygen atoms in total. The molecule has 2 aromatic rings. The topological polar surface area (TPSA) is 95.9 Å². The molecule has 0 unspecified atom stereocenters. The molecule has 0 radical (unpaired) electrons. The number of rotatable bonds is 7. The first kappa shape index (κ1) is 25.8. The zero-order valence-electron chi connectivity index (χ0n) is 21.4. The molecule has 3 heterocycles. The van der Waals surface area contributed by atoms with Crippen molar-refractivity contribution in [2.45, 2.75) is 58.1 Å². The zero-order valence-corrected chi connectivity index (χ0v) is 21.4. The molecule has 1 N–H and O–H groups in total. The van der Waals surface area contributed by atoms with Crippen LogP contribution in [0.5, 0.6) is 5.88 Å². The van der Waals surface area contributed by atoms with Gasteiger partial charge in [0, 0.05) is 38.1 Å². The fourth-order valence-electron chi connectivity index (χ4n) is 4.78. The summed E-state index contributed by atoms with van der Waals surface area (Å²) in [4.78, 5) is 38.6. The lowest BCUT2D eigenvalue weighted by atomic mass is 9.93. The molecule has 0 aromatic carbocycles. The Balaban J connectivity index is 1.61. The molecule has 8 heteroatoms. The predicted molar refractivity (Wildman–Crippen MR) is 137 cm³/mol. The average Bonchev–Trinajstić information content (AvgIpc) is 2.91. The molecule has 192 valence electrons. The number of aliphatic hydroxyl groups excluding tert-OH is 1. The maximum absolute atomic E-state index is 13.6. The number of fused-ring (bicyclic) bond motifs is 1. The number of carbonyl (C=O) groups excluding carboxylic acids is 2. The normalized spacial score (nSPS) is 20.9. The largest absolute Gasteiger partial charge is 0.472 e. The number of likely N-dealkylation sites (N-methyl/N-ethyl adjacent to an activating group) is 1. The smallest absolute Gasteiger partial charge is 0.259 e. The molecule has 0 spiro atoms. The van der Waals surface area contributed by atoms with Gasteiger partial charge in [-0.2, -0.15) is 0 Å². The minimum absolute atomic E-state index is 0.0368. The number of aliphatic hydroxyl groups is 1. The van der Waals surface area contributed by atoms with E-state index in [1.54, 1.807) is 35.4 Å². The van der Waals surface area contributed by atoms with Gasteiger partial charge in [-0.25, -0.2) is 4.98 Å². The van der Waals surface area contributed by atoms with E-state index >= 15 is 0 Å². The molecule has 4 rings (SSSR count). The predicted octanol–water partition coefficient (Wildman–Crippen LogP) is 3.36. The van der Waals surface area contributed by atoms with E-state index in [4.69, 9.17) is 4.74 Å². The summed E-state index contributed by atoms with van der Waals surface area (Å²) < 4.78 is 6.35. The highest BCUT2D eigenvalue weighted by Gasteiger charge is 2.35. The minimum atomic E-state index is -0.375. The van der Waals surface area contributed by atoms with Crippen LogP contribution in [0, 0.1) is 5.92 Å². The molecule has 36 heavy (non-hydrogen) atoms. The number of nitrogens with zero attached hydrogens (tertiary/aromatic N) is 4. The van der Waals surface area contributed by atoms with Gasteiger partial charge in [0.2, 0.25) is 11.8 Å². The number of amides is 2. The Hall–Kier alpha value is -3.26. The summed E-state index contributed by atoms with van der Waals surface area (Å²) in [5.41, 5.74) is 3.40. The van der Waals surface area contributed by atoms with Crippen LogP contribution in [0.3, 0.4) is 0 Å². The summed E-state index contributed by atoms with van der Waals surface area (Å²) >= 11 is 0. The van der Waals surface area contributed by atoms with E-state index in [2.05, 4.69) is 16.0 Å². The van der Waals surface area contributed by atoms with E-state index in [0.29, 0.717) is 18.7 Å². The Morgan fingerprint density at radius 3 is 2.86 bits per heavy atom. The Kier molecular flexibility index (Phi) is 8.36. The van der Waals surface area contributed by atoms with Crippen LogP contribution in [-0.4, -0.2) is 75.6 Å². The third kappa shape index (κ3) is 5.93. The number of ether oxygens (including phenoxy) is 1. The van der Waals surface area contributed by atoms with Crippen molar-refractivity contribution in [2.75, 3.05) is 26.7 Å². The molecule has 2 aliphatic rings. The van der Waals surface area contributed by atoms with Crippen molar-refractivity contribution < 1.29 is 19.4 Å². The Morgan fingerprint density at radius 1 is 1.33 bits per heavy atom. The standard InChI is InChI=1S/C28H36N4O4/c1-19-16-32(20(2)18-33)28(35)24-13-23(22-9-5-4-6-10-22)15-30-27(24)36-25(19)17-31(3)26(34)12-21-8-7-11-29-14-21/h7-9,11,13-15,19-20,25,33H,4-6,10,12,16-18H2,1-3H3/t19-,20-,25-/m1/s1. The van der Waals surface area contributed by atoms with Crippen LogP contribution in [0.2, 0.25) is 0 Å². The third-order valence-corrected chi connectivity index (χ3v) is 7.14. The Labute approximate surface area is 213 Å². The van der Waals surface area contributed by atoms with Gasteiger partial charge in [0.05, 0.1) is 25.6 Å². The first-order valence-corrected chi connectivity index (χ1v) is 12.8. The second kappa shape index (κ2) is 11.6. The van der Waals surface area contributed by atoms with Crippen LogP contribution in [0.1, 0.15) is 61.0 Å². The van der Waals surface area contributed by atoms with Crippen molar-refractivity contribution >= 4 is 17.4 Å². The van der Waals surface area contributed by atoms with Crippen LogP contribution in [0.15, 0.2) is 42.9 Å². The Bertz CT molecular complexity index is 1100. The first-order chi connectivity index (χ1) is 17.4. The first-order valence-electron chi connectivity index (χ1n) is 12.8. The molecule has 0 bridgehead atoms. The third-order valence-electron chi connectivity index (χ3n) is 7.14. The van der Waals surface area contributed by atoms with E-state index < -0.39 is 0 Å². The van der Waals surface area contributed by atoms with Gasteiger partial charge < -0.3 is 19.6 Å². The van der Waals surface area contributed by atoms with Crippen molar-refractivity contribution in [3.63, 3.8) is 0 Å². The van der Waals surface area contributed by atoms with E-state index in [1.165, 1.54) is 12.0 Å². The summed E-state index contributed by atoms with van der Waals surface area (Å²) in [6.07, 6.45) is 11.6. The number of hydrogen-bond acceptors (Lipinski definition) is 6. The van der Waals surface area contributed by atoms with Crippen LogP contribution >= 0.6 is 0 Å². The van der Waals surface area contributed by atoms with Crippen LogP contribution < -0.4 is 4.74 Å². The van der Waals surface area contributed by atoms with Crippen molar-refractivity contribution in [2.24, 2.45) is 5.92 Å². The highest BCUT2D eigenvalue weighted by Crippen LogP contribution is 2.32. The molecule has 0 saturated heterocycles. The van der Waals surface area contributed by atoms with Crippen molar-refractivity contribution in [3.05, 3.63) is 59.6 Å². The summed E-state index contributed by atoms with van der Waals surface area (Å²) in [6.45, 7) is 4.46. The molecule has 1 aliphatic carbocycles. The van der Waals surface area contributed by atoms with Gasteiger partial charge in [-0.05, 0) is 61.4 Å². The second-order valence-electron chi connectivity index (χ2n) is 9.99. The SMILES string of the molecule is C[C@@H]1CN([C@H](C)CO)C(=O)c2cc(C3=CCCCC3)cnc2O[C@@H]1CN(C)C(=O)Cc1cccnc1. The van der Waals surface area contributed by atoms with Gasteiger partial charge in [-0.15, -0.1) is 0 Å². The summed E-state index contributed by atoms with van der Waals surface area (Å²) in [6, 6.07) is 5.22. The Morgan fingerprint density at radius 2 is 2.17 bits per heavy atom. The highest BCUT2D eigenvalue weighted by molar-refractivity contribution is 5.97. The maximum atomic E-state index is 13.6. The minimum Gasteiger partial charge on any atom is -0.472 e. The lowest BCUT2D eigenvalue weighted by molar-refractivity contribution is -0.130. The van der Waals surface area contributed by atoms with Crippen LogP contribution in [0.4, 0.5) is 0 Å². The summed E-state index contributed by atoms with van der Waals surface area (Å²) in [5, 5.41) is 9.88. The molecule has 1 aliphatic heterocycles. The van der Waals surface area contributed by atoms with E-state index in [0.717, 1.165) is 30.4 Å². The molecule has 0 fully saturated rings. The number of allylic oxidation sites excluding steroid dienone is 2. The maximum Gasteiger partial charge on any atom is 0.259 e. The zero-order chi connectivity index (χ0) is 25.7. The second-order valence-corrected chi connectivity index (χ2v) is 9.99. The fraction of sp³-hybridized carbons (Fsp3) is 0.500. The van der Waals surface area contributed by atoms with Gasteiger partial charge in [0.25, 0.3) is 5.91 Å².